The number of ketones is 1. The second-order valence-electron chi connectivity index (χ2n) is 4.87. The van der Waals surface area contributed by atoms with E-state index >= 15 is 0 Å². The number of nitrogens with zero attached hydrogens (tertiary/aromatic N) is 2. The van der Waals surface area contributed by atoms with E-state index < -0.39 is 0 Å². The zero-order valence-corrected chi connectivity index (χ0v) is 10.7. The van der Waals surface area contributed by atoms with E-state index in [-0.39, 0.29) is 5.78 Å². The van der Waals surface area contributed by atoms with Gasteiger partial charge in [-0.05, 0) is 44.9 Å². The van der Waals surface area contributed by atoms with Gasteiger partial charge in [0, 0.05) is 29.6 Å². The highest BCUT2D eigenvalue weighted by atomic mass is 16.1. The summed E-state index contributed by atoms with van der Waals surface area (Å²) in [6.45, 7) is 4.06. The van der Waals surface area contributed by atoms with Gasteiger partial charge in [-0.3, -0.25) is 9.78 Å². The molecule has 3 heteroatoms. The summed E-state index contributed by atoms with van der Waals surface area (Å²) in [5, 5.41) is 0. The average molecular weight is 240 g/mol. The summed E-state index contributed by atoms with van der Waals surface area (Å²) in [6.07, 6.45) is 4.41. The normalized spacial score (nSPS) is 14.7. The molecule has 1 aliphatic rings. The Morgan fingerprint density at radius 3 is 2.89 bits per heavy atom. The number of hydrogen-bond donors (Lipinski definition) is 0. The number of pyridine rings is 1. The van der Waals surface area contributed by atoms with Crippen LogP contribution in [0.15, 0.2) is 24.4 Å². The van der Waals surface area contributed by atoms with Crippen molar-refractivity contribution in [3.63, 3.8) is 0 Å². The molecule has 0 aromatic carbocycles. The molecule has 0 fully saturated rings. The molecule has 2 heterocycles. The molecule has 0 amide bonds. The van der Waals surface area contributed by atoms with E-state index in [4.69, 9.17) is 0 Å². The lowest BCUT2D eigenvalue weighted by Gasteiger charge is -2.17. The number of rotatable bonds is 1. The van der Waals surface area contributed by atoms with Crippen molar-refractivity contribution in [1.82, 2.24) is 9.55 Å². The highest BCUT2D eigenvalue weighted by molar-refractivity contribution is 5.98. The molecule has 3 rings (SSSR count). The van der Waals surface area contributed by atoms with E-state index in [1.807, 2.05) is 19.1 Å². The first kappa shape index (κ1) is 11.2. The van der Waals surface area contributed by atoms with Crippen LogP contribution in [0.2, 0.25) is 0 Å². The zero-order chi connectivity index (χ0) is 12.7. The fraction of sp³-hybridized carbons (Fsp3) is 0.333. The van der Waals surface area contributed by atoms with Gasteiger partial charge in [0.15, 0.2) is 5.78 Å². The van der Waals surface area contributed by atoms with Gasteiger partial charge in [0.2, 0.25) is 0 Å². The summed E-state index contributed by atoms with van der Waals surface area (Å²) in [4.78, 5) is 16.3. The Balaban J connectivity index is 2.25. The lowest BCUT2D eigenvalue weighted by Crippen LogP contribution is -2.13. The Morgan fingerprint density at radius 2 is 2.11 bits per heavy atom. The third-order valence-corrected chi connectivity index (χ3v) is 3.62. The molecular weight excluding hydrogens is 224 g/mol. The number of aromatic nitrogens is 2. The maximum atomic E-state index is 11.9. The van der Waals surface area contributed by atoms with Crippen molar-refractivity contribution in [3.05, 3.63) is 47.0 Å². The van der Waals surface area contributed by atoms with Crippen LogP contribution in [0.1, 0.15) is 40.3 Å². The van der Waals surface area contributed by atoms with Crippen LogP contribution in [0, 0.1) is 13.8 Å². The number of carbonyl (C=O) groups is 1. The first-order valence-electron chi connectivity index (χ1n) is 6.35. The van der Waals surface area contributed by atoms with E-state index in [0.29, 0.717) is 6.42 Å². The number of Topliss-reactive ketones (excluding diaryl/α,β-unsaturated/α-hetero) is 1. The predicted molar refractivity (Wildman–Crippen MR) is 70.3 cm³/mol. The number of hydrogen-bond acceptors (Lipinski definition) is 2. The van der Waals surface area contributed by atoms with E-state index in [2.05, 4.69) is 22.5 Å². The van der Waals surface area contributed by atoms with Crippen molar-refractivity contribution in [1.29, 1.82) is 0 Å². The van der Waals surface area contributed by atoms with E-state index in [9.17, 15) is 4.79 Å². The SMILES string of the molecule is Cc1ncccc1-n1c(C)cc2c1CCCC2=O. The first-order valence-corrected chi connectivity index (χ1v) is 6.35. The van der Waals surface area contributed by atoms with E-state index in [1.54, 1.807) is 6.20 Å². The van der Waals surface area contributed by atoms with Crippen LogP contribution in [-0.4, -0.2) is 15.3 Å². The molecule has 0 aliphatic heterocycles. The summed E-state index contributed by atoms with van der Waals surface area (Å²) in [5.41, 5.74) is 5.26. The predicted octanol–water partition coefficient (Wildman–Crippen LogP) is 3.01. The van der Waals surface area contributed by atoms with Gasteiger partial charge in [0.05, 0.1) is 11.4 Å². The van der Waals surface area contributed by atoms with Gasteiger partial charge in [-0.25, -0.2) is 0 Å². The first-order chi connectivity index (χ1) is 8.68. The van der Waals surface area contributed by atoms with Crippen molar-refractivity contribution < 1.29 is 4.79 Å². The fourth-order valence-electron chi connectivity index (χ4n) is 2.78. The van der Waals surface area contributed by atoms with Gasteiger partial charge in [0.1, 0.15) is 0 Å². The van der Waals surface area contributed by atoms with Gasteiger partial charge in [-0.15, -0.1) is 0 Å². The van der Waals surface area contributed by atoms with Gasteiger partial charge >= 0.3 is 0 Å². The van der Waals surface area contributed by atoms with Crippen molar-refractivity contribution >= 4 is 5.78 Å². The van der Waals surface area contributed by atoms with Crippen LogP contribution in [0.5, 0.6) is 0 Å². The molecule has 3 nitrogen and oxygen atoms in total. The maximum Gasteiger partial charge on any atom is 0.164 e. The van der Waals surface area contributed by atoms with Gasteiger partial charge in [-0.1, -0.05) is 0 Å². The Morgan fingerprint density at radius 1 is 1.28 bits per heavy atom. The average Bonchev–Trinajstić information content (AvgIpc) is 2.68. The molecule has 2 aromatic rings. The van der Waals surface area contributed by atoms with Crippen molar-refractivity contribution in [2.75, 3.05) is 0 Å². The molecule has 0 radical (unpaired) electrons. The Bertz CT molecular complexity index is 625. The zero-order valence-electron chi connectivity index (χ0n) is 10.7. The molecule has 0 N–H and O–H groups in total. The van der Waals surface area contributed by atoms with Crippen LogP contribution in [0.25, 0.3) is 5.69 Å². The fourth-order valence-corrected chi connectivity index (χ4v) is 2.78. The minimum atomic E-state index is 0.277. The molecule has 0 saturated heterocycles. The molecule has 0 unspecified atom stereocenters. The van der Waals surface area contributed by atoms with Crippen molar-refractivity contribution in [2.45, 2.75) is 33.1 Å². The lowest BCUT2D eigenvalue weighted by molar-refractivity contribution is 0.0972. The third-order valence-electron chi connectivity index (χ3n) is 3.62. The van der Waals surface area contributed by atoms with E-state index in [0.717, 1.165) is 41.2 Å². The minimum Gasteiger partial charge on any atom is -0.316 e. The van der Waals surface area contributed by atoms with Crippen LogP contribution >= 0.6 is 0 Å². The standard InChI is InChI=1S/C15H16N2O/c1-10-9-12-14(5-3-7-15(12)18)17(10)13-6-4-8-16-11(13)2/h4,6,8-9H,3,5,7H2,1-2H3. The molecule has 92 valence electrons. The van der Waals surface area contributed by atoms with Crippen LogP contribution in [0.4, 0.5) is 0 Å². The molecule has 18 heavy (non-hydrogen) atoms. The minimum absolute atomic E-state index is 0.277. The van der Waals surface area contributed by atoms with Crippen molar-refractivity contribution in [2.24, 2.45) is 0 Å². The highest BCUT2D eigenvalue weighted by Gasteiger charge is 2.23. The third kappa shape index (κ3) is 1.58. The summed E-state index contributed by atoms with van der Waals surface area (Å²) >= 11 is 0. The summed E-state index contributed by atoms with van der Waals surface area (Å²) in [5.74, 6) is 0.277. The monoisotopic (exact) mass is 240 g/mol. The lowest BCUT2D eigenvalue weighted by atomic mass is 9.96. The highest BCUT2D eigenvalue weighted by Crippen LogP contribution is 2.28. The summed E-state index contributed by atoms with van der Waals surface area (Å²) in [6, 6.07) is 6.02. The molecule has 1 aliphatic carbocycles. The van der Waals surface area contributed by atoms with Gasteiger partial charge < -0.3 is 4.57 Å². The number of aryl methyl sites for hydroxylation is 2. The molecule has 0 spiro atoms. The Kier molecular flexibility index (Phi) is 2.54. The number of fused-ring (bicyclic) bond motifs is 1. The van der Waals surface area contributed by atoms with Crippen LogP contribution in [0.3, 0.4) is 0 Å². The molecular formula is C15H16N2O. The van der Waals surface area contributed by atoms with Crippen molar-refractivity contribution in [3.8, 4) is 5.69 Å². The van der Waals surface area contributed by atoms with Gasteiger partial charge in [0.25, 0.3) is 0 Å². The summed E-state index contributed by atoms with van der Waals surface area (Å²) in [7, 11) is 0. The Hall–Kier alpha value is -1.90. The molecule has 2 aromatic heterocycles. The molecule has 0 atom stereocenters. The maximum absolute atomic E-state index is 11.9. The van der Waals surface area contributed by atoms with Gasteiger partial charge in [-0.2, -0.15) is 0 Å². The Labute approximate surface area is 106 Å². The largest absolute Gasteiger partial charge is 0.316 e. The number of carbonyl (C=O) groups excluding carboxylic acids is 1. The van der Waals surface area contributed by atoms with Crippen LogP contribution in [-0.2, 0) is 6.42 Å². The molecule has 0 saturated carbocycles. The molecule has 0 bridgehead atoms. The topological polar surface area (TPSA) is 34.9 Å². The van der Waals surface area contributed by atoms with E-state index in [1.165, 1.54) is 0 Å². The smallest absolute Gasteiger partial charge is 0.164 e. The summed E-state index contributed by atoms with van der Waals surface area (Å²) < 4.78 is 2.19. The quantitative estimate of drug-likeness (QED) is 0.768. The van der Waals surface area contributed by atoms with Crippen LogP contribution < -0.4 is 0 Å². The second-order valence-corrected chi connectivity index (χ2v) is 4.87. The second kappa shape index (κ2) is 4.09.